The lowest BCUT2D eigenvalue weighted by Crippen LogP contribution is -2.54. The molecule has 2 fully saturated rings. The maximum Gasteiger partial charge on any atom is 0.282 e. The number of amides is 1. The molecule has 0 radical (unpaired) electrons. The van der Waals surface area contributed by atoms with Crippen LogP contribution in [0.15, 0.2) is 24.3 Å². The predicted molar refractivity (Wildman–Crippen MR) is 116 cm³/mol. The van der Waals surface area contributed by atoms with Crippen LogP contribution in [0.5, 0.6) is 0 Å². The Labute approximate surface area is 174 Å². The smallest absolute Gasteiger partial charge is 0.282 e. The summed E-state index contributed by atoms with van der Waals surface area (Å²) < 4.78 is 29.0. The van der Waals surface area contributed by atoms with E-state index in [1.54, 1.807) is 8.61 Å². The first-order valence-corrected chi connectivity index (χ1v) is 11.8. The zero-order valence-electron chi connectivity index (χ0n) is 17.5. The van der Waals surface area contributed by atoms with Crippen molar-refractivity contribution in [2.45, 2.75) is 25.7 Å². The van der Waals surface area contributed by atoms with Crippen LogP contribution in [0.25, 0.3) is 0 Å². The van der Waals surface area contributed by atoms with E-state index in [2.05, 4.69) is 5.32 Å². The average molecular weight is 424 g/mol. The Bertz CT molecular complexity index is 766. The molecule has 1 aromatic carbocycles. The lowest BCUT2D eigenvalue weighted by atomic mass is 10.2. The fourth-order valence-electron chi connectivity index (χ4n) is 3.80. The highest BCUT2D eigenvalue weighted by molar-refractivity contribution is 7.86. The van der Waals surface area contributed by atoms with Crippen LogP contribution in [0.1, 0.15) is 25.7 Å². The molecule has 2 saturated heterocycles. The molecule has 1 N–H and O–H groups in total. The lowest BCUT2D eigenvalue weighted by Gasteiger charge is -2.36. The van der Waals surface area contributed by atoms with Crippen LogP contribution in [-0.2, 0) is 15.0 Å². The van der Waals surface area contributed by atoms with Crippen molar-refractivity contribution in [3.63, 3.8) is 0 Å². The second kappa shape index (κ2) is 9.88. The maximum atomic E-state index is 12.9. The molecule has 9 heteroatoms. The van der Waals surface area contributed by atoms with Gasteiger partial charge in [0.1, 0.15) is 0 Å². The summed E-state index contributed by atoms with van der Waals surface area (Å²) in [4.78, 5) is 16.4. The number of hydrogen-bond donors (Lipinski definition) is 1. The second-order valence-electron chi connectivity index (χ2n) is 7.99. The van der Waals surface area contributed by atoms with Crippen molar-refractivity contribution in [2.75, 3.05) is 70.1 Å². The van der Waals surface area contributed by atoms with E-state index in [0.29, 0.717) is 39.3 Å². The van der Waals surface area contributed by atoms with Crippen molar-refractivity contribution in [1.29, 1.82) is 0 Å². The Morgan fingerprint density at radius 3 is 2.00 bits per heavy atom. The number of benzene rings is 1. The van der Waals surface area contributed by atoms with E-state index in [9.17, 15) is 13.2 Å². The number of nitrogens with one attached hydrogen (secondary N) is 1. The van der Waals surface area contributed by atoms with Gasteiger partial charge in [-0.3, -0.25) is 9.69 Å². The molecule has 2 aliphatic heterocycles. The molecule has 162 valence electrons. The second-order valence-corrected chi connectivity index (χ2v) is 9.91. The highest BCUT2D eigenvalue weighted by Gasteiger charge is 2.32. The predicted octanol–water partition coefficient (Wildman–Crippen LogP) is 1.43. The van der Waals surface area contributed by atoms with Crippen LogP contribution >= 0.6 is 0 Å². The number of carbonyl (C=O) groups is 1. The number of rotatable bonds is 6. The number of hydrogen-bond acceptors (Lipinski definition) is 5. The van der Waals surface area contributed by atoms with Crippen molar-refractivity contribution in [3.05, 3.63) is 24.3 Å². The minimum Gasteiger partial charge on any atom is -0.378 e. The summed E-state index contributed by atoms with van der Waals surface area (Å²) in [6, 6.07) is 7.70. The molecule has 2 heterocycles. The van der Waals surface area contributed by atoms with Gasteiger partial charge in [0.2, 0.25) is 5.91 Å². The first-order valence-electron chi connectivity index (χ1n) is 10.4. The Hall–Kier alpha value is -1.68. The molecule has 3 rings (SSSR count). The van der Waals surface area contributed by atoms with E-state index in [4.69, 9.17) is 0 Å². The van der Waals surface area contributed by atoms with Gasteiger partial charge in [-0.05, 0) is 37.1 Å². The molecule has 0 atom stereocenters. The topological polar surface area (TPSA) is 76.2 Å². The van der Waals surface area contributed by atoms with Crippen LogP contribution in [0.2, 0.25) is 0 Å². The van der Waals surface area contributed by atoms with Crippen LogP contribution in [0.3, 0.4) is 0 Å². The molecule has 0 saturated carbocycles. The van der Waals surface area contributed by atoms with Gasteiger partial charge in [0, 0.05) is 64.7 Å². The highest BCUT2D eigenvalue weighted by atomic mass is 32.2. The monoisotopic (exact) mass is 423 g/mol. The van der Waals surface area contributed by atoms with Gasteiger partial charge in [-0.25, -0.2) is 0 Å². The lowest BCUT2D eigenvalue weighted by molar-refractivity contribution is -0.117. The molecule has 1 amide bonds. The summed E-state index contributed by atoms with van der Waals surface area (Å²) in [5, 5.41) is 2.92. The average Bonchev–Trinajstić information content (AvgIpc) is 2.99. The third kappa shape index (κ3) is 5.91. The van der Waals surface area contributed by atoms with E-state index in [0.717, 1.165) is 37.1 Å². The molecular weight excluding hydrogens is 390 g/mol. The fraction of sp³-hybridized carbons (Fsp3) is 0.650. The number of anilines is 2. The molecule has 0 unspecified atom stereocenters. The number of piperazine rings is 1. The SMILES string of the molecule is CN(C)c1ccc(NC(=O)CN2CCN(S(=O)(=O)N3CCCCCC3)CC2)cc1. The third-order valence-corrected chi connectivity index (χ3v) is 7.62. The van der Waals surface area contributed by atoms with E-state index in [-0.39, 0.29) is 12.5 Å². The molecule has 0 spiro atoms. The van der Waals surface area contributed by atoms with E-state index in [1.807, 2.05) is 48.2 Å². The quantitative estimate of drug-likeness (QED) is 0.749. The minimum atomic E-state index is -3.38. The van der Waals surface area contributed by atoms with Crippen LogP contribution in [0.4, 0.5) is 11.4 Å². The maximum absolute atomic E-state index is 12.9. The van der Waals surface area contributed by atoms with Gasteiger partial charge in [0.05, 0.1) is 6.54 Å². The normalized spacial score (nSPS) is 20.2. The third-order valence-electron chi connectivity index (χ3n) is 5.58. The summed E-state index contributed by atoms with van der Waals surface area (Å²) >= 11 is 0. The zero-order chi connectivity index (χ0) is 20.9. The fourth-order valence-corrected chi connectivity index (χ4v) is 5.47. The Kier molecular flexibility index (Phi) is 7.50. The first kappa shape index (κ1) is 22.0. The van der Waals surface area contributed by atoms with Crippen molar-refractivity contribution in [1.82, 2.24) is 13.5 Å². The van der Waals surface area contributed by atoms with E-state index in [1.165, 1.54) is 0 Å². The molecule has 0 aromatic heterocycles. The summed E-state index contributed by atoms with van der Waals surface area (Å²) in [5.41, 5.74) is 1.84. The zero-order valence-corrected chi connectivity index (χ0v) is 18.3. The van der Waals surface area contributed by atoms with Gasteiger partial charge in [-0.2, -0.15) is 17.0 Å². The van der Waals surface area contributed by atoms with Crippen molar-refractivity contribution < 1.29 is 13.2 Å². The van der Waals surface area contributed by atoms with E-state index < -0.39 is 10.2 Å². The summed E-state index contributed by atoms with van der Waals surface area (Å²) in [6.07, 6.45) is 4.09. The Morgan fingerprint density at radius 1 is 0.897 bits per heavy atom. The van der Waals surface area contributed by atoms with Gasteiger partial charge in [0.15, 0.2) is 0 Å². The standard InChI is InChI=1S/C20H33N5O3S/c1-22(2)19-9-7-18(8-10-19)21-20(26)17-23-13-15-25(16-14-23)29(27,28)24-11-5-3-4-6-12-24/h7-10H,3-6,11-17H2,1-2H3,(H,21,26). The number of carbonyl (C=O) groups excluding carboxylic acids is 1. The first-order chi connectivity index (χ1) is 13.9. The molecule has 2 aliphatic rings. The summed E-state index contributed by atoms with van der Waals surface area (Å²) in [5.74, 6) is -0.0774. The molecule has 0 bridgehead atoms. The van der Waals surface area contributed by atoms with Crippen LogP contribution in [-0.4, -0.2) is 87.7 Å². The van der Waals surface area contributed by atoms with Crippen molar-refractivity contribution in [3.8, 4) is 0 Å². The molecule has 0 aliphatic carbocycles. The largest absolute Gasteiger partial charge is 0.378 e. The molecular formula is C20H33N5O3S. The molecule has 8 nitrogen and oxygen atoms in total. The van der Waals surface area contributed by atoms with Gasteiger partial charge >= 0.3 is 0 Å². The molecule has 29 heavy (non-hydrogen) atoms. The number of nitrogens with zero attached hydrogens (tertiary/aromatic N) is 4. The van der Waals surface area contributed by atoms with Crippen molar-refractivity contribution >= 4 is 27.5 Å². The summed E-state index contributed by atoms with van der Waals surface area (Å²) in [6.45, 7) is 3.52. The minimum absolute atomic E-state index is 0.0774. The van der Waals surface area contributed by atoms with Gasteiger partial charge < -0.3 is 10.2 Å². The Morgan fingerprint density at radius 2 is 1.45 bits per heavy atom. The summed E-state index contributed by atoms with van der Waals surface area (Å²) in [7, 11) is 0.560. The van der Waals surface area contributed by atoms with Gasteiger partial charge in [0.25, 0.3) is 10.2 Å². The van der Waals surface area contributed by atoms with Gasteiger partial charge in [-0.1, -0.05) is 12.8 Å². The van der Waals surface area contributed by atoms with E-state index >= 15 is 0 Å². The Balaban J connectivity index is 1.47. The molecule has 1 aromatic rings. The van der Waals surface area contributed by atoms with Crippen molar-refractivity contribution in [2.24, 2.45) is 0 Å². The van der Waals surface area contributed by atoms with Crippen LogP contribution < -0.4 is 10.2 Å². The van der Waals surface area contributed by atoms with Crippen LogP contribution in [0, 0.1) is 0 Å². The van der Waals surface area contributed by atoms with Gasteiger partial charge in [-0.15, -0.1) is 0 Å². The highest BCUT2D eigenvalue weighted by Crippen LogP contribution is 2.18.